The molecule has 8 nitrogen and oxygen atoms in total. The number of hydrogen-bond donors (Lipinski definition) is 2. The van der Waals surface area contributed by atoms with Crippen molar-refractivity contribution in [3.8, 4) is 23.0 Å². The number of benzene rings is 4. The fourth-order valence-corrected chi connectivity index (χ4v) is 7.61. The summed E-state index contributed by atoms with van der Waals surface area (Å²) in [5, 5.41) is 0. The first kappa shape index (κ1) is 31.4. The lowest BCUT2D eigenvalue weighted by Gasteiger charge is -2.24. The summed E-state index contributed by atoms with van der Waals surface area (Å²) < 4.78 is 50.8. The van der Waals surface area contributed by atoms with Crippen molar-refractivity contribution in [3.05, 3.63) is 121 Å². The van der Waals surface area contributed by atoms with Gasteiger partial charge in [-0.25, -0.2) is 9.13 Å². The van der Waals surface area contributed by atoms with Crippen molar-refractivity contribution in [1.82, 2.24) is 0 Å². The minimum absolute atomic E-state index is 0.169. The van der Waals surface area contributed by atoms with E-state index in [0.29, 0.717) is 48.7 Å². The third-order valence-corrected chi connectivity index (χ3v) is 10.1. The Morgan fingerprint density at radius 2 is 0.690 bits per heavy atom. The van der Waals surface area contributed by atoms with Gasteiger partial charge < -0.3 is 29.6 Å². The molecular formula is C32H38N2O6P2. The van der Waals surface area contributed by atoms with Crippen molar-refractivity contribution in [2.75, 3.05) is 12.3 Å². The predicted molar refractivity (Wildman–Crippen MR) is 168 cm³/mol. The maximum Gasteiger partial charge on any atom is 0.430 e. The second kappa shape index (κ2) is 15.6. The average molecular weight is 609 g/mol. The molecule has 42 heavy (non-hydrogen) atoms. The molecule has 0 fully saturated rings. The van der Waals surface area contributed by atoms with Gasteiger partial charge in [-0.3, -0.25) is 0 Å². The van der Waals surface area contributed by atoms with Crippen LogP contribution in [-0.2, 0) is 9.13 Å². The number of rotatable bonds is 17. The largest absolute Gasteiger partial charge is 0.430 e. The average Bonchev–Trinajstić information content (AvgIpc) is 2.99. The summed E-state index contributed by atoms with van der Waals surface area (Å²) in [6.45, 7) is 0. The van der Waals surface area contributed by atoms with E-state index in [0.717, 1.165) is 0 Å². The van der Waals surface area contributed by atoms with Crippen LogP contribution in [-0.4, -0.2) is 24.4 Å². The van der Waals surface area contributed by atoms with Crippen LogP contribution >= 0.6 is 15.2 Å². The van der Waals surface area contributed by atoms with Gasteiger partial charge in [0, 0.05) is 12.1 Å². The van der Waals surface area contributed by atoms with Crippen LogP contribution < -0.4 is 29.6 Å². The quantitative estimate of drug-likeness (QED) is 0.116. The third-order valence-electron chi connectivity index (χ3n) is 6.44. The molecule has 0 aliphatic carbocycles. The zero-order valence-electron chi connectivity index (χ0n) is 23.4. The van der Waals surface area contributed by atoms with Gasteiger partial charge in [0.25, 0.3) is 0 Å². The van der Waals surface area contributed by atoms with Gasteiger partial charge >= 0.3 is 15.2 Å². The lowest BCUT2D eigenvalue weighted by atomic mass is 10.0. The zero-order chi connectivity index (χ0) is 29.7. The highest BCUT2D eigenvalue weighted by molar-refractivity contribution is 7.55. The van der Waals surface area contributed by atoms with Crippen molar-refractivity contribution < 1.29 is 27.2 Å². The van der Waals surface area contributed by atoms with E-state index in [1.165, 1.54) is 0 Å². The molecule has 0 bridgehead atoms. The molecule has 222 valence electrons. The van der Waals surface area contributed by atoms with Gasteiger partial charge in [-0.15, -0.1) is 0 Å². The molecule has 2 unspecified atom stereocenters. The van der Waals surface area contributed by atoms with Crippen molar-refractivity contribution in [3.63, 3.8) is 0 Å². The summed E-state index contributed by atoms with van der Waals surface area (Å²) >= 11 is 0. The highest BCUT2D eigenvalue weighted by Crippen LogP contribution is 2.50. The Morgan fingerprint density at radius 3 is 0.929 bits per heavy atom. The molecule has 4 N–H and O–H groups in total. The Kier molecular flexibility index (Phi) is 11.7. The van der Waals surface area contributed by atoms with Crippen LogP contribution in [0.2, 0.25) is 0 Å². The van der Waals surface area contributed by atoms with E-state index in [9.17, 15) is 9.13 Å². The molecule has 0 aromatic heterocycles. The Morgan fingerprint density at radius 1 is 0.452 bits per heavy atom. The molecule has 0 saturated carbocycles. The van der Waals surface area contributed by atoms with E-state index in [2.05, 4.69) is 0 Å². The van der Waals surface area contributed by atoms with Crippen molar-refractivity contribution in [2.45, 2.75) is 37.8 Å². The van der Waals surface area contributed by atoms with Gasteiger partial charge in [0.2, 0.25) is 0 Å². The first-order valence-electron chi connectivity index (χ1n) is 14.0. The highest BCUT2D eigenvalue weighted by Gasteiger charge is 2.30. The lowest BCUT2D eigenvalue weighted by Crippen LogP contribution is -2.41. The van der Waals surface area contributed by atoms with Crippen LogP contribution in [0.25, 0.3) is 0 Å². The normalized spacial score (nSPS) is 13.1. The van der Waals surface area contributed by atoms with E-state index in [1.807, 2.05) is 72.8 Å². The standard InChI is InChI=1S/C32H38N2O6P2/c33-31(23-13-25-41(35,37-27-15-5-1-6-16-27)38-28-17-7-2-8-18-28)32(34)24-14-26-42(36,39-29-19-9-3-10-20-29)40-30-21-11-4-12-22-30/h1-12,15-22,31-32H,13-14,23-26,33-34H2. The van der Waals surface area contributed by atoms with Gasteiger partial charge in [0.1, 0.15) is 23.0 Å². The van der Waals surface area contributed by atoms with Crippen molar-refractivity contribution in [1.29, 1.82) is 0 Å². The smallest absolute Gasteiger partial charge is 0.416 e. The molecule has 2 atom stereocenters. The second-order valence-corrected chi connectivity index (χ2v) is 14.0. The van der Waals surface area contributed by atoms with Crippen LogP contribution in [0.3, 0.4) is 0 Å². The summed E-state index contributed by atoms with van der Waals surface area (Å²) in [5.41, 5.74) is 12.8. The molecule has 4 aromatic rings. The lowest BCUT2D eigenvalue weighted by molar-refractivity contribution is 0.375. The molecule has 0 aliphatic heterocycles. The van der Waals surface area contributed by atoms with Gasteiger partial charge in [-0.1, -0.05) is 72.8 Å². The molecule has 10 heteroatoms. The van der Waals surface area contributed by atoms with Crippen LogP contribution in [0.4, 0.5) is 0 Å². The minimum atomic E-state index is -3.53. The molecular weight excluding hydrogens is 570 g/mol. The van der Waals surface area contributed by atoms with Gasteiger partial charge in [-0.05, 0) is 74.2 Å². The van der Waals surface area contributed by atoms with Crippen LogP contribution in [0.5, 0.6) is 23.0 Å². The van der Waals surface area contributed by atoms with Gasteiger partial charge in [0.05, 0.1) is 12.3 Å². The Labute approximate surface area is 248 Å². The second-order valence-electron chi connectivity index (χ2n) is 9.90. The SMILES string of the molecule is NC(CCCP(=O)(Oc1ccccc1)Oc1ccccc1)C(N)CCCP(=O)(Oc1ccccc1)Oc1ccccc1. The monoisotopic (exact) mass is 608 g/mol. The summed E-state index contributed by atoms with van der Waals surface area (Å²) in [6.07, 6.45) is 2.34. The first-order valence-corrected chi connectivity index (χ1v) is 17.5. The molecule has 0 radical (unpaired) electrons. The van der Waals surface area contributed by atoms with E-state index < -0.39 is 15.2 Å². The fraction of sp³-hybridized carbons (Fsp3) is 0.250. The van der Waals surface area contributed by atoms with E-state index in [1.54, 1.807) is 48.5 Å². The maximum absolute atomic E-state index is 13.7. The van der Waals surface area contributed by atoms with Crippen molar-refractivity contribution in [2.24, 2.45) is 11.5 Å². The fourth-order valence-electron chi connectivity index (χ4n) is 4.26. The Hall–Kier alpha value is -3.54. The summed E-state index contributed by atoms with van der Waals surface area (Å²) in [4.78, 5) is 0. The molecule has 0 amide bonds. The molecule has 4 rings (SSSR count). The van der Waals surface area contributed by atoms with Gasteiger partial charge in [0.15, 0.2) is 0 Å². The minimum Gasteiger partial charge on any atom is -0.416 e. The van der Waals surface area contributed by atoms with E-state index >= 15 is 0 Å². The summed E-state index contributed by atoms with van der Waals surface area (Å²) in [7, 11) is -7.05. The third kappa shape index (κ3) is 10.4. The van der Waals surface area contributed by atoms with Crippen LogP contribution in [0.15, 0.2) is 121 Å². The number of para-hydroxylation sites is 4. The Bertz CT molecular complexity index is 1230. The number of hydrogen-bond acceptors (Lipinski definition) is 8. The van der Waals surface area contributed by atoms with Crippen LogP contribution in [0, 0.1) is 0 Å². The molecule has 0 aliphatic rings. The Balaban J connectivity index is 1.30. The highest BCUT2D eigenvalue weighted by atomic mass is 31.2. The maximum atomic E-state index is 13.7. The first-order chi connectivity index (χ1) is 20.3. The van der Waals surface area contributed by atoms with E-state index in [-0.39, 0.29) is 24.4 Å². The molecule has 0 spiro atoms. The molecule has 0 saturated heterocycles. The van der Waals surface area contributed by atoms with Gasteiger partial charge in [-0.2, -0.15) is 0 Å². The molecule has 4 aromatic carbocycles. The molecule has 0 heterocycles. The van der Waals surface area contributed by atoms with Crippen LogP contribution in [0.1, 0.15) is 25.7 Å². The predicted octanol–water partition coefficient (Wildman–Crippen LogP) is 7.90. The topological polar surface area (TPSA) is 123 Å². The summed E-state index contributed by atoms with van der Waals surface area (Å²) in [5.74, 6) is 1.88. The van der Waals surface area contributed by atoms with Crippen molar-refractivity contribution >= 4 is 15.2 Å². The van der Waals surface area contributed by atoms with E-state index in [4.69, 9.17) is 29.6 Å². The zero-order valence-corrected chi connectivity index (χ0v) is 25.2. The number of nitrogens with two attached hydrogens (primary N) is 2. The summed E-state index contributed by atoms with van der Waals surface area (Å²) in [6, 6.07) is 35.1.